The molecule has 9 nitrogen and oxygen atoms in total. The molecule has 1 heterocycles. The van der Waals surface area contributed by atoms with E-state index in [1.165, 1.54) is 18.2 Å². The van der Waals surface area contributed by atoms with E-state index in [1.807, 2.05) is 0 Å². The lowest BCUT2D eigenvalue weighted by Gasteiger charge is -2.11. The summed E-state index contributed by atoms with van der Waals surface area (Å²) in [5.41, 5.74) is 1.51. The smallest absolute Gasteiger partial charge is 0.305 e. The number of benzene rings is 2. The number of carboxylic acid groups (broad SMARTS) is 1. The lowest BCUT2D eigenvalue weighted by molar-refractivity contribution is -0.137. The number of nitrogens with zero attached hydrogens (tertiary/aromatic N) is 1. The van der Waals surface area contributed by atoms with Gasteiger partial charge in [-0.05, 0) is 42.5 Å². The molecule has 3 N–H and O–H groups in total. The van der Waals surface area contributed by atoms with Gasteiger partial charge >= 0.3 is 5.97 Å². The molecule has 0 aromatic heterocycles. The van der Waals surface area contributed by atoms with E-state index in [2.05, 4.69) is 10.6 Å². The van der Waals surface area contributed by atoms with Crippen molar-refractivity contribution < 1.29 is 29.1 Å². The highest BCUT2D eigenvalue weighted by Crippen LogP contribution is 2.26. The molecule has 0 saturated carbocycles. The molecule has 0 saturated heterocycles. The van der Waals surface area contributed by atoms with Crippen LogP contribution in [0.1, 0.15) is 50.8 Å². The lowest BCUT2D eigenvalue weighted by atomic mass is 10.1. The molecule has 1 aliphatic rings. The topological polar surface area (TPSA) is 133 Å². The molecule has 154 valence electrons. The molecule has 0 aliphatic carbocycles. The van der Waals surface area contributed by atoms with Crippen LogP contribution in [0.3, 0.4) is 0 Å². The number of nitrogens with one attached hydrogen (secondary N) is 2. The molecule has 1 aliphatic heterocycles. The maximum Gasteiger partial charge on any atom is 0.305 e. The van der Waals surface area contributed by atoms with Crippen LogP contribution in [0.15, 0.2) is 42.5 Å². The SMILES string of the molecule is CCC(=O)Nc1ccc(C(=O)Nc2ccc3c(c2)C(=O)N(CCC(=O)O)C3=O)cc1. The number of amides is 4. The summed E-state index contributed by atoms with van der Waals surface area (Å²) in [4.78, 5) is 60.2. The fourth-order valence-corrected chi connectivity index (χ4v) is 2.94. The first kappa shape index (κ1) is 20.7. The molecule has 0 atom stereocenters. The molecule has 0 bridgehead atoms. The number of imide groups is 1. The zero-order valence-corrected chi connectivity index (χ0v) is 16.1. The summed E-state index contributed by atoms with van der Waals surface area (Å²) in [6, 6.07) is 10.6. The second kappa shape index (κ2) is 8.56. The Morgan fingerprint density at radius 2 is 1.53 bits per heavy atom. The van der Waals surface area contributed by atoms with Gasteiger partial charge < -0.3 is 15.7 Å². The fourth-order valence-electron chi connectivity index (χ4n) is 2.94. The van der Waals surface area contributed by atoms with Gasteiger partial charge in [0.05, 0.1) is 17.5 Å². The first-order valence-corrected chi connectivity index (χ1v) is 9.23. The summed E-state index contributed by atoms with van der Waals surface area (Å²) in [5, 5.41) is 14.1. The van der Waals surface area contributed by atoms with E-state index in [9.17, 15) is 24.0 Å². The zero-order valence-electron chi connectivity index (χ0n) is 16.1. The molecule has 2 aromatic carbocycles. The number of carboxylic acids is 1. The average Bonchev–Trinajstić information content (AvgIpc) is 2.96. The van der Waals surface area contributed by atoms with Crippen molar-refractivity contribution in [2.45, 2.75) is 19.8 Å². The molecule has 0 radical (unpaired) electrons. The number of anilines is 2. The molecule has 3 rings (SSSR count). The van der Waals surface area contributed by atoms with E-state index in [4.69, 9.17) is 5.11 Å². The maximum absolute atomic E-state index is 12.5. The molecule has 4 amide bonds. The van der Waals surface area contributed by atoms with Gasteiger partial charge in [-0.15, -0.1) is 0 Å². The van der Waals surface area contributed by atoms with Crippen molar-refractivity contribution in [3.63, 3.8) is 0 Å². The van der Waals surface area contributed by atoms with Crippen molar-refractivity contribution in [2.75, 3.05) is 17.2 Å². The molecule has 0 fully saturated rings. The van der Waals surface area contributed by atoms with Gasteiger partial charge in [0.15, 0.2) is 0 Å². The maximum atomic E-state index is 12.5. The number of hydrogen-bond acceptors (Lipinski definition) is 5. The van der Waals surface area contributed by atoms with E-state index in [1.54, 1.807) is 31.2 Å². The molecule has 30 heavy (non-hydrogen) atoms. The molecule has 9 heteroatoms. The van der Waals surface area contributed by atoms with Crippen molar-refractivity contribution in [3.05, 3.63) is 59.2 Å². The van der Waals surface area contributed by atoms with E-state index in [0.717, 1.165) is 4.90 Å². The fraction of sp³-hybridized carbons (Fsp3) is 0.190. The van der Waals surface area contributed by atoms with E-state index in [0.29, 0.717) is 23.4 Å². The van der Waals surface area contributed by atoms with Gasteiger partial charge in [0.25, 0.3) is 17.7 Å². The van der Waals surface area contributed by atoms with Gasteiger partial charge in [0, 0.05) is 29.9 Å². The number of carbonyl (C=O) groups excluding carboxylic acids is 4. The Morgan fingerprint density at radius 1 is 0.900 bits per heavy atom. The zero-order chi connectivity index (χ0) is 21.8. The van der Waals surface area contributed by atoms with Crippen LogP contribution < -0.4 is 10.6 Å². The predicted octanol–water partition coefficient (Wildman–Crippen LogP) is 2.36. The summed E-state index contributed by atoms with van der Waals surface area (Å²) < 4.78 is 0. The highest BCUT2D eigenvalue weighted by atomic mass is 16.4. The Balaban J connectivity index is 1.71. The van der Waals surface area contributed by atoms with Crippen LogP contribution in [0.2, 0.25) is 0 Å². The van der Waals surface area contributed by atoms with E-state index >= 15 is 0 Å². The van der Waals surface area contributed by atoms with Gasteiger partial charge in [-0.1, -0.05) is 6.92 Å². The van der Waals surface area contributed by atoms with Gasteiger partial charge in [-0.2, -0.15) is 0 Å². The summed E-state index contributed by atoms with van der Waals surface area (Å²) in [7, 11) is 0. The van der Waals surface area contributed by atoms with Crippen molar-refractivity contribution >= 4 is 41.0 Å². The summed E-state index contributed by atoms with van der Waals surface area (Å²) in [6.45, 7) is 1.52. The summed E-state index contributed by atoms with van der Waals surface area (Å²) in [6.07, 6.45) is -0.000702. The number of rotatable bonds is 7. The van der Waals surface area contributed by atoms with Crippen molar-refractivity contribution in [3.8, 4) is 0 Å². The minimum atomic E-state index is -1.11. The van der Waals surface area contributed by atoms with Crippen molar-refractivity contribution in [1.29, 1.82) is 0 Å². The first-order chi connectivity index (χ1) is 14.3. The monoisotopic (exact) mass is 409 g/mol. The molecule has 0 spiro atoms. The third-order valence-corrected chi connectivity index (χ3v) is 4.53. The highest BCUT2D eigenvalue weighted by Gasteiger charge is 2.35. The Hall–Kier alpha value is -4.01. The number of aliphatic carboxylic acids is 1. The largest absolute Gasteiger partial charge is 0.481 e. The summed E-state index contributed by atoms with van der Waals surface area (Å²) >= 11 is 0. The number of fused-ring (bicyclic) bond motifs is 1. The number of hydrogen-bond donors (Lipinski definition) is 3. The van der Waals surface area contributed by atoms with Gasteiger partial charge in [-0.3, -0.25) is 28.9 Å². The molecule has 2 aromatic rings. The second-order valence-corrected chi connectivity index (χ2v) is 6.60. The predicted molar refractivity (Wildman–Crippen MR) is 107 cm³/mol. The highest BCUT2D eigenvalue weighted by molar-refractivity contribution is 6.22. The van der Waals surface area contributed by atoms with E-state index < -0.39 is 23.7 Å². The van der Waals surface area contributed by atoms with E-state index in [-0.39, 0.29) is 30.0 Å². The first-order valence-electron chi connectivity index (χ1n) is 9.23. The van der Waals surface area contributed by atoms with Gasteiger partial charge in [-0.25, -0.2) is 0 Å². The van der Waals surface area contributed by atoms with Crippen LogP contribution in [0.4, 0.5) is 11.4 Å². The van der Waals surface area contributed by atoms with Gasteiger partial charge in [0.1, 0.15) is 0 Å². The van der Waals surface area contributed by atoms with Crippen molar-refractivity contribution in [1.82, 2.24) is 4.90 Å². The van der Waals surface area contributed by atoms with Crippen LogP contribution in [-0.2, 0) is 9.59 Å². The third-order valence-electron chi connectivity index (χ3n) is 4.53. The van der Waals surface area contributed by atoms with Crippen molar-refractivity contribution in [2.24, 2.45) is 0 Å². The minimum absolute atomic E-state index is 0.112. The Morgan fingerprint density at radius 3 is 2.17 bits per heavy atom. The van der Waals surface area contributed by atoms with Crippen LogP contribution in [0.25, 0.3) is 0 Å². The van der Waals surface area contributed by atoms with Gasteiger partial charge in [0.2, 0.25) is 5.91 Å². The Kier molecular flexibility index (Phi) is 5.91. The summed E-state index contributed by atoms with van der Waals surface area (Å²) in [5.74, 6) is -2.83. The second-order valence-electron chi connectivity index (χ2n) is 6.60. The average molecular weight is 409 g/mol. The minimum Gasteiger partial charge on any atom is -0.481 e. The lowest BCUT2D eigenvalue weighted by Crippen LogP contribution is -2.31. The molecular weight excluding hydrogens is 390 g/mol. The third kappa shape index (κ3) is 4.35. The Bertz CT molecular complexity index is 1050. The van der Waals surface area contributed by atoms with Crippen LogP contribution in [-0.4, -0.2) is 46.1 Å². The normalized spacial score (nSPS) is 12.5. The Labute approximate surface area is 171 Å². The molecule has 0 unspecified atom stereocenters. The van der Waals surface area contributed by atoms with Crippen LogP contribution in [0.5, 0.6) is 0 Å². The molecular formula is C21H19N3O6. The van der Waals surface area contributed by atoms with Crippen LogP contribution >= 0.6 is 0 Å². The quantitative estimate of drug-likeness (QED) is 0.601. The number of carbonyl (C=O) groups is 5. The van der Waals surface area contributed by atoms with Crippen LogP contribution in [0, 0.1) is 0 Å². The standard InChI is InChI=1S/C21H19N3O6/c1-2-17(25)22-13-5-3-12(4-6-13)19(28)23-14-7-8-15-16(11-14)21(30)24(20(15)29)10-9-18(26)27/h3-8,11H,2,9-10H2,1H3,(H,22,25)(H,23,28)(H,26,27).